The van der Waals surface area contributed by atoms with Crippen LogP contribution in [0.4, 0.5) is 0 Å². The number of carbonyl (C=O) groups excluding carboxylic acids is 1. The van der Waals surface area contributed by atoms with E-state index in [0.29, 0.717) is 19.8 Å². The first-order valence-electron chi connectivity index (χ1n) is 6.50. The molecular formula is C13H26O4. The van der Waals surface area contributed by atoms with Crippen molar-refractivity contribution >= 4 is 5.78 Å². The van der Waals surface area contributed by atoms with Crippen molar-refractivity contribution < 1.29 is 19.0 Å². The Morgan fingerprint density at radius 1 is 0.824 bits per heavy atom. The molecule has 4 heteroatoms. The van der Waals surface area contributed by atoms with Gasteiger partial charge in [-0.25, -0.2) is 0 Å². The number of hydrogen-bond donors (Lipinski definition) is 0. The number of hydrogen-bond acceptors (Lipinski definition) is 4. The van der Waals surface area contributed by atoms with Crippen LogP contribution in [0.3, 0.4) is 0 Å². The lowest BCUT2D eigenvalue weighted by atomic mass is 10.2. The number of ether oxygens (including phenoxy) is 3. The Morgan fingerprint density at radius 2 is 1.41 bits per heavy atom. The molecule has 0 saturated heterocycles. The molecule has 102 valence electrons. The van der Waals surface area contributed by atoms with Gasteiger partial charge in [0, 0.05) is 19.8 Å². The predicted octanol–water partition coefficient (Wildman–Crippen LogP) is 2.21. The lowest BCUT2D eigenvalue weighted by Gasteiger charge is -2.05. The number of Topliss-reactive ketones (excluding diaryl/α,β-unsaturated/α-hetero) is 1. The number of unbranched alkanes of at least 4 members (excludes halogenated alkanes) is 2. The van der Waals surface area contributed by atoms with E-state index in [4.69, 9.17) is 14.2 Å². The van der Waals surface area contributed by atoms with E-state index in [2.05, 4.69) is 6.92 Å². The maximum Gasteiger partial charge on any atom is 0.155 e. The third-order valence-corrected chi connectivity index (χ3v) is 2.10. The second-order valence-corrected chi connectivity index (χ2v) is 4.04. The first kappa shape index (κ1) is 16.6. The van der Waals surface area contributed by atoms with Gasteiger partial charge in [-0.05, 0) is 32.6 Å². The zero-order chi connectivity index (χ0) is 12.8. The molecule has 0 radical (unpaired) electrons. The molecule has 0 atom stereocenters. The fraction of sp³-hybridized carbons (Fsp3) is 0.923. The lowest BCUT2D eigenvalue weighted by Crippen LogP contribution is -2.07. The van der Waals surface area contributed by atoms with Crippen LogP contribution in [0.5, 0.6) is 0 Å². The maximum atomic E-state index is 10.6. The summed E-state index contributed by atoms with van der Waals surface area (Å²) >= 11 is 0. The Kier molecular flexibility index (Phi) is 13.3. The second-order valence-electron chi connectivity index (χ2n) is 4.04. The normalized spacial score (nSPS) is 10.7. The molecule has 0 aromatic heterocycles. The van der Waals surface area contributed by atoms with Gasteiger partial charge in [0.1, 0.15) is 6.61 Å². The Hall–Kier alpha value is -0.450. The highest BCUT2D eigenvalue weighted by atomic mass is 16.5. The van der Waals surface area contributed by atoms with Crippen LogP contribution >= 0.6 is 0 Å². The first-order valence-corrected chi connectivity index (χ1v) is 6.50. The van der Waals surface area contributed by atoms with E-state index in [-0.39, 0.29) is 12.4 Å². The Morgan fingerprint density at radius 3 is 2.00 bits per heavy atom. The molecule has 0 fully saturated rings. The van der Waals surface area contributed by atoms with Crippen molar-refractivity contribution in [3.8, 4) is 0 Å². The zero-order valence-electron chi connectivity index (χ0n) is 11.2. The van der Waals surface area contributed by atoms with Gasteiger partial charge in [0.2, 0.25) is 0 Å². The molecule has 0 aliphatic carbocycles. The van der Waals surface area contributed by atoms with Crippen molar-refractivity contribution in [3.63, 3.8) is 0 Å². The summed E-state index contributed by atoms with van der Waals surface area (Å²) < 4.78 is 15.8. The summed E-state index contributed by atoms with van der Waals surface area (Å²) in [6.45, 7) is 7.50. The van der Waals surface area contributed by atoms with E-state index in [1.165, 1.54) is 6.92 Å². The van der Waals surface area contributed by atoms with E-state index < -0.39 is 0 Å². The van der Waals surface area contributed by atoms with Crippen molar-refractivity contribution in [1.82, 2.24) is 0 Å². The van der Waals surface area contributed by atoms with Gasteiger partial charge in [-0.1, -0.05) is 6.92 Å². The largest absolute Gasteiger partial charge is 0.379 e. The van der Waals surface area contributed by atoms with Crippen LogP contribution in [0.2, 0.25) is 0 Å². The molecule has 0 aliphatic rings. The average Bonchev–Trinajstić information content (AvgIpc) is 2.30. The molecule has 0 rings (SSSR count). The standard InChI is InChI=1S/C13H26O4/c1-3-7-15-10-11-16-8-5-4-6-9-17-12-13(2)14/h3-12H2,1-2H3. The molecule has 17 heavy (non-hydrogen) atoms. The Balaban J connectivity index is 2.91. The van der Waals surface area contributed by atoms with Crippen LogP contribution in [-0.2, 0) is 19.0 Å². The average molecular weight is 246 g/mol. The van der Waals surface area contributed by atoms with E-state index >= 15 is 0 Å². The summed E-state index contributed by atoms with van der Waals surface area (Å²) in [6, 6.07) is 0. The molecular weight excluding hydrogens is 220 g/mol. The fourth-order valence-corrected chi connectivity index (χ4v) is 1.27. The SMILES string of the molecule is CCCOCCOCCCCCOCC(C)=O. The van der Waals surface area contributed by atoms with Crippen molar-refractivity contribution in [3.05, 3.63) is 0 Å². The van der Waals surface area contributed by atoms with Crippen LogP contribution in [0.1, 0.15) is 39.5 Å². The second kappa shape index (κ2) is 13.6. The van der Waals surface area contributed by atoms with E-state index in [9.17, 15) is 4.79 Å². The van der Waals surface area contributed by atoms with E-state index in [1.54, 1.807) is 0 Å². The van der Waals surface area contributed by atoms with Gasteiger partial charge in [-0.3, -0.25) is 4.79 Å². The van der Waals surface area contributed by atoms with Gasteiger partial charge in [0.15, 0.2) is 5.78 Å². The maximum absolute atomic E-state index is 10.6. The minimum atomic E-state index is 0.0837. The summed E-state index contributed by atoms with van der Waals surface area (Å²) in [5, 5.41) is 0. The van der Waals surface area contributed by atoms with Gasteiger partial charge >= 0.3 is 0 Å². The molecule has 0 unspecified atom stereocenters. The molecule has 0 bridgehead atoms. The lowest BCUT2D eigenvalue weighted by molar-refractivity contribution is -0.121. The number of ketones is 1. The summed E-state index contributed by atoms with van der Waals surface area (Å²) in [5.74, 6) is 0.0837. The zero-order valence-corrected chi connectivity index (χ0v) is 11.2. The van der Waals surface area contributed by atoms with Crippen LogP contribution in [0.15, 0.2) is 0 Å². The van der Waals surface area contributed by atoms with Crippen LogP contribution in [-0.4, -0.2) is 45.4 Å². The molecule has 0 N–H and O–H groups in total. The molecule has 0 aliphatic heterocycles. The van der Waals surface area contributed by atoms with Gasteiger partial charge in [-0.2, -0.15) is 0 Å². The molecule has 0 heterocycles. The van der Waals surface area contributed by atoms with Crippen LogP contribution < -0.4 is 0 Å². The van der Waals surface area contributed by atoms with Gasteiger partial charge < -0.3 is 14.2 Å². The third kappa shape index (κ3) is 15.5. The monoisotopic (exact) mass is 246 g/mol. The number of carbonyl (C=O) groups is 1. The minimum Gasteiger partial charge on any atom is -0.379 e. The molecule has 0 spiro atoms. The van der Waals surface area contributed by atoms with Gasteiger partial charge in [0.05, 0.1) is 13.2 Å². The van der Waals surface area contributed by atoms with Crippen LogP contribution in [0.25, 0.3) is 0 Å². The van der Waals surface area contributed by atoms with Crippen LogP contribution in [0, 0.1) is 0 Å². The van der Waals surface area contributed by atoms with Gasteiger partial charge in [0.25, 0.3) is 0 Å². The van der Waals surface area contributed by atoms with Crippen molar-refractivity contribution in [2.45, 2.75) is 39.5 Å². The topological polar surface area (TPSA) is 44.8 Å². The summed E-state index contributed by atoms with van der Waals surface area (Å²) in [7, 11) is 0. The third-order valence-electron chi connectivity index (χ3n) is 2.10. The highest BCUT2D eigenvalue weighted by Crippen LogP contribution is 1.96. The summed E-state index contributed by atoms with van der Waals surface area (Å²) in [4.78, 5) is 10.6. The minimum absolute atomic E-state index is 0.0837. The molecule has 4 nitrogen and oxygen atoms in total. The molecule has 0 amide bonds. The predicted molar refractivity (Wildman–Crippen MR) is 67.3 cm³/mol. The molecule has 0 aromatic rings. The smallest absolute Gasteiger partial charge is 0.155 e. The molecule has 0 saturated carbocycles. The summed E-state index contributed by atoms with van der Waals surface area (Å²) in [6.07, 6.45) is 4.16. The molecule has 0 aromatic carbocycles. The highest BCUT2D eigenvalue weighted by Gasteiger charge is 1.94. The van der Waals surface area contributed by atoms with Crippen molar-refractivity contribution in [2.75, 3.05) is 39.6 Å². The van der Waals surface area contributed by atoms with Crippen molar-refractivity contribution in [2.24, 2.45) is 0 Å². The van der Waals surface area contributed by atoms with E-state index in [0.717, 1.165) is 38.9 Å². The quantitative estimate of drug-likeness (QED) is 0.467. The van der Waals surface area contributed by atoms with E-state index in [1.807, 2.05) is 0 Å². The first-order chi connectivity index (χ1) is 8.27. The van der Waals surface area contributed by atoms with Gasteiger partial charge in [-0.15, -0.1) is 0 Å². The highest BCUT2D eigenvalue weighted by molar-refractivity contribution is 5.76. The Labute approximate surface area is 105 Å². The summed E-state index contributed by atoms with van der Waals surface area (Å²) in [5.41, 5.74) is 0. The Bertz CT molecular complexity index is 171. The fourth-order valence-electron chi connectivity index (χ4n) is 1.27. The number of rotatable bonds is 13. The van der Waals surface area contributed by atoms with Crippen molar-refractivity contribution in [1.29, 1.82) is 0 Å².